The number of ether oxygens (including phenoxy) is 1. The molecule has 1 aliphatic rings. The van der Waals surface area contributed by atoms with Crippen LogP contribution in [0.5, 0.6) is 0 Å². The van der Waals surface area contributed by atoms with E-state index < -0.39 is 6.10 Å². The second kappa shape index (κ2) is 7.14. The van der Waals surface area contributed by atoms with Crippen molar-refractivity contribution in [1.82, 2.24) is 0 Å². The summed E-state index contributed by atoms with van der Waals surface area (Å²) in [7, 11) is 2.13. The smallest absolute Gasteiger partial charge is 0.0948 e. The Morgan fingerprint density at radius 3 is 2.62 bits per heavy atom. The number of β-amino-alcohol motifs (C(OH)–C–C–N with tert-alkyl or cyclic N) is 1. The SMILES string of the molecule is CC(C)OCC(O)CN1c2ccccc2N(C)CCC1C. The first-order valence-electron chi connectivity index (χ1n) is 7.85. The molecule has 2 unspecified atom stereocenters. The molecule has 0 radical (unpaired) electrons. The van der Waals surface area contributed by atoms with Gasteiger partial charge in [0, 0.05) is 26.2 Å². The molecule has 0 fully saturated rings. The topological polar surface area (TPSA) is 35.9 Å². The minimum Gasteiger partial charge on any atom is -0.389 e. The van der Waals surface area contributed by atoms with Gasteiger partial charge in [0.1, 0.15) is 0 Å². The summed E-state index contributed by atoms with van der Waals surface area (Å²) in [5.74, 6) is 0. The van der Waals surface area contributed by atoms with Crippen LogP contribution in [0.4, 0.5) is 11.4 Å². The van der Waals surface area contributed by atoms with E-state index in [1.54, 1.807) is 0 Å². The van der Waals surface area contributed by atoms with Gasteiger partial charge < -0.3 is 19.6 Å². The number of anilines is 2. The Kier molecular flexibility index (Phi) is 5.48. The molecule has 0 aromatic heterocycles. The van der Waals surface area contributed by atoms with Crippen LogP contribution in [-0.2, 0) is 4.74 Å². The molecular formula is C17H28N2O2. The summed E-state index contributed by atoms with van der Waals surface area (Å²) >= 11 is 0. The molecule has 0 bridgehead atoms. The van der Waals surface area contributed by atoms with Crippen LogP contribution in [-0.4, -0.2) is 50.1 Å². The van der Waals surface area contributed by atoms with Crippen LogP contribution in [0.2, 0.25) is 0 Å². The fourth-order valence-electron chi connectivity index (χ4n) is 2.79. The van der Waals surface area contributed by atoms with Gasteiger partial charge in [0.2, 0.25) is 0 Å². The van der Waals surface area contributed by atoms with Gasteiger partial charge in [-0.2, -0.15) is 0 Å². The number of benzene rings is 1. The van der Waals surface area contributed by atoms with Crippen molar-refractivity contribution in [2.45, 2.75) is 45.4 Å². The summed E-state index contributed by atoms with van der Waals surface area (Å²) in [6.45, 7) is 8.24. The highest BCUT2D eigenvalue weighted by molar-refractivity contribution is 5.72. The first-order valence-corrected chi connectivity index (χ1v) is 7.85. The molecule has 1 heterocycles. The summed E-state index contributed by atoms with van der Waals surface area (Å²) in [6, 6.07) is 8.84. The Morgan fingerprint density at radius 2 is 1.95 bits per heavy atom. The van der Waals surface area contributed by atoms with Gasteiger partial charge in [-0.3, -0.25) is 0 Å². The third-order valence-electron chi connectivity index (χ3n) is 4.05. The van der Waals surface area contributed by atoms with Crippen LogP contribution in [0.25, 0.3) is 0 Å². The van der Waals surface area contributed by atoms with Gasteiger partial charge in [-0.1, -0.05) is 12.1 Å². The molecule has 1 aliphatic heterocycles. The van der Waals surface area contributed by atoms with E-state index in [4.69, 9.17) is 4.74 Å². The lowest BCUT2D eigenvalue weighted by Gasteiger charge is -2.32. The van der Waals surface area contributed by atoms with Crippen molar-refractivity contribution in [3.05, 3.63) is 24.3 Å². The predicted molar refractivity (Wildman–Crippen MR) is 88.2 cm³/mol. The average Bonchev–Trinajstić information content (AvgIpc) is 2.58. The molecule has 4 nitrogen and oxygen atoms in total. The van der Waals surface area contributed by atoms with Crippen LogP contribution < -0.4 is 9.80 Å². The maximum absolute atomic E-state index is 10.3. The summed E-state index contributed by atoms with van der Waals surface area (Å²) in [6.07, 6.45) is 0.772. The fraction of sp³-hybridized carbons (Fsp3) is 0.647. The van der Waals surface area contributed by atoms with Gasteiger partial charge in [0.25, 0.3) is 0 Å². The molecule has 1 aromatic carbocycles. The number of hydrogen-bond donors (Lipinski definition) is 1. The average molecular weight is 292 g/mol. The Bertz CT molecular complexity index is 450. The van der Waals surface area contributed by atoms with Gasteiger partial charge >= 0.3 is 0 Å². The van der Waals surface area contributed by atoms with Crippen molar-refractivity contribution in [3.63, 3.8) is 0 Å². The summed E-state index contributed by atoms with van der Waals surface area (Å²) in [4.78, 5) is 4.61. The van der Waals surface area contributed by atoms with Crippen LogP contribution in [0, 0.1) is 0 Å². The first-order chi connectivity index (χ1) is 9.99. The molecule has 0 amide bonds. The van der Waals surface area contributed by atoms with Crippen LogP contribution >= 0.6 is 0 Å². The normalized spacial score (nSPS) is 20.4. The van der Waals surface area contributed by atoms with Crippen molar-refractivity contribution >= 4 is 11.4 Å². The van der Waals surface area contributed by atoms with Crippen molar-refractivity contribution < 1.29 is 9.84 Å². The Hall–Kier alpha value is -1.26. The number of hydrogen-bond acceptors (Lipinski definition) is 4. The quantitative estimate of drug-likeness (QED) is 0.904. The number of aliphatic hydroxyl groups excluding tert-OH is 1. The highest BCUT2D eigenvalue weighted by Gasteiger charge is 2.25. The van der Waals surface area contributed by atoms with Crippen molar-refractivity contribution in [1.29, 1.82) is 0 Å². The van der Waals surface area contributed by atoms with Crippen molar-refractivity contribution in [2.75, 3.05) is 36.5 Å². The van der Waals surface area contributed by atoms with Crippen LogP contribution in [0.1, 0.15) is 27.2 Å². The second-order valence-corrected chi connectivity index (χ2v) is 6.24. The van der Waals surface area contributed by atoms with Crippen molar-refractivity contribution in [2.24, 2.45) is 0 Å². The van der Waals surface area contributed by atoms with E-state index in [-0.39, 0.29) is 6.10 Å². The largest absolute Gasteiger partial charge is 0.389 e. The highest BCUT2D eigenvalue weighted by Crippen LogP contribution is 2.33. The van der Waals surface area contributed by atoms with E-state index in [0.29, 0.717) is 19.2 Å². The Morgan fingerprint density at radius 1 is 1.29 bits per heavy atom. The summed E-state index contributed by atoms with van der Waals surface area (Å²) in [5.41, 5.74) is 2.44. The number of nitrogens with zero attached hydrogens (tertiary/aromatic N) is 2. The van der Waals surface area contributed by atoms with Gasteiger partial charge in [-0.05, 0) is 39.3 Å². The third-order valence-corrected chi connectivity index (χ3v) is 4.05. The molecular weight excluding hydrogens is 264 g/mol. The number of fused-ring (bicyclic) bond motifs is 1. The van der Waals surface area contributed by atoms with Gasteiger partial charge in [0.15, 0.2) is 0 Å². The highest BCUT2D eigenvalue weighted by atomic mass is 16.5. The van der Waals surface area contributed by atoms with E-state index in [9.17, 15) is 5.11 Å². The molecule has 1 aromatic rings. The molecule has 0 saturated carbocycles. The van der Waals surface area contributed by atoms with Gasteiger partial charge in [-0.25, -0.2) is 0 Å². The van der Waals surface area contributed by atoms with Crippen LogP contribution in [0.15, 0.2) is 24.3 Å². The fourth-order valence-corrected chi connectivity index (χ4v) is 2.79. The lowest BCUT2D eigenvalue weighted by atomic mass is 10.1. The number of aliphatic hydroxyl groups is 1. The van der Waals surface area contributed by atoms with E-state index in [0.717, 1.165) is 13.0 Å². The summed E-state index contributed by atoms with van der Waals surface area (Å²) < 4.78 is 5.53. The molecule has 2 atom stereocenters. The maximum atomic E-state index is 10.3. The zero-order valence-electron chi connectivity index (χ0n) is 13.6. The lowest BCUT2D eigenvalue weighted by molar-refractivity contribution is 0.00838. The molecule has 0 saturated heterocycles. The maximum Gasteiger partial charge on any atom is 0.0948 e. The molecule has 0 aliphatic carbocycles. The van der Waals surface area contributed by atoms with Crippen molar-refractivity contribution in [3.8, 4) is 0 Å². The monoisotopic (exact) mass is 292 g/mol. The first kappa shape index (κ1) is 16.1. The van der Waals surface area contributed by atoms with Gasteiger partial charge in [0.05, 0.1) is 30.2 Å². The number of para-hydroxylation sites is 2. The van der Waals surface area contributed by atoms with E-state index in [1.165, 1.54) is 11.4 Å². The second-order valence-electron chi connectivity index (χ2n) is 6.24. The standard InChI is InChI=1S/C17H28N2O2/c1-13(2)21-12-15(20)11-19-14(3)9-10-18(4)16-7-5-6-8-17(16)19/h5-8,13-15,20H,9-12H2,1-4H3. The predicted octanol–water partition coefficient (Wildman–Crippen LogP) is 2.51. The van der Waals surface area contributed by atoms with Crippen LogP contribution in [0.3, 0.4) is 0 Å². The summed E-state index contributed by atoms with van der Waals surface area (Å²) in [5, 5.41) is 10.3. The minimum absolute atomic E-state index is 0.152. The Balaban J connectivity index is 2.14. The van der Waals surface area contributed by atoms with E-state index in [2.05, 4.69) is 48.0 Å². The molecule has 0 spiro atoms. The minimum atomic E-state index is -0.466. The zero-order chi connectivity index (χ0) is 15.4. The molecule has 4 heteroatoms. The zero-order valence-corrected chi connectivity index (χ0v) is 13.6. The Labute approximate surface area is 128 Å². The van der Waals surface area contributed by atoms with E-state index in [1.807, 2.05) is 13.8 Å². The number of rotatable bonds is 5. The lowest BCUT2D eigenvalue weighted by Crippen LogP contribution is -2.40. The van der Waals surface area contributed by atoms with E-state index >= 15 is 0 Å². The molecule has 1 N–H and O–H groups in total. The van der Waals surface area contributed by atoms with Gasteiger partial charge in [-0.15, -0.1) is 0 Å². The molecule has 118 valence electrons. The third kappa shape index (κ3) is 4.11. The molecule has 2 rings (SSSR count). The molecule has 21 heavy (non-hydrogen) atoms.